The summed E-state index contributed by atoms with van der Waals surface area (Å²) in [4.78, 5) is 24.4. The van der Waals surface area contributed by atoms with Crippen LogP contribution in [0, 0.1) is 0 Å². The Kier molecular flexibility index (Phi) is 4.55. The van der Waals surface area contributed by atoms with Crippen LogP contribution < -0.4 is 11.3 Å². The SMILES string of the molecule is CCN(C(=O)C(=O)NN)C1CCCCC1. The Morgan fingerprint density at radius 2 is 1.93 bits per heavy atom. The van der Waals surface area contributed by atoms with Crippen LogP contribution in [0.4, 0.5) is 0 Å². The molecule has 1 rings (SSSR count). The minimum Gasteiger partial charge on any atom is -0.332 e. The highest BCUT2D eigenvalue weighted by molar-refractivity contribution is 6.34. The lowest BCUT2D eigenvalue weighted by Crippen LogP contribution is -2.50. The van der Waals surface area contributed by atoms with E-state index < -0.39 is 11.8 Å². The normalized spacial score (nSPS) is 17.2. The van der Waals surface area contributed by atoms with Gasteiger partial charge < -0.3 is 4.90 Å². The van der Waals surface area contributed by atoms with Crippen LogP contribution in [0.2, 0.25) is 0 Å². The van der Waals surface area contributed by atoms with Crippen molar-refractivity contribution < 1.29 is 9.59 Å². The molecule has 0 aromatic rings. The highest BCUT2D eigenvalue weighted by atomic mass is 16.2. The minimum atomic E-state index is -0.720. The van der Waals surface area contributed by atoms with Gasteiger partial charge in [-0.25, -0.2) is 5.84 Å². The molecule has 2 amide bonds. The number of amides is 2. The van der Waals surface area contributed by atoms with Crippen molar-refractivity contribution in [1.82, 2.24) is 10.3 Å². The summed E-state index contributed by atoms with van der Waals surface area (Å²) in [5.41, 5.74) is 1.89. The van der Waals surface area contributed by atoms with Crippen LogP contribution in [0.15, 0.2) is 0 Å². The number of rotatable bonds is 2. The molecule has 1 aliphatic rings. The maximum atomic E-state index is 11.6. The van der Waals surface area contributed by atoms with Gasteiger partial charge in [-0.1, -0.05) is 19.3 Å². The van der Waals surface area contributed by atoms with Crippen molar-refractivity contribution >= 4 is 11.8 Å². The second-order valence-corrected chi connectivity index (χ2v) is 3.86. The van der Waals surface area contributed by atoms with E-state index in [0.29, 0.717) is 6.54 Å². The molecule has 5 nitrogen and oxygen atoms in total. The number of hydrogen-bond acceptors (Lipinski definition) is 3. The Morgan fingerprint density at radius 3 is 2.40 bits per heavy atom. The van der Waals surface area contributed by atoms with Crippen molar-refractivity contribution in [2.75, 3.05) is 6.54 Å². The van der Waals surface area contributed by atoms with Crippen molar-refractivity contribution in [3.63, 3.8) is 0 Å². The average molecular weight is 213 g/mol. The largest absolute Gasteiger partial charge is 0.332 e. The lowest BCUT2D eigenvalue weighted by molar-refractivity contribution is -0.147. The molecule has 0 radical (unpaired) electrons. The molecular formula is C10H19N3O2. The van der Waals surface area contributed by atoms with E-state index in [1.807, 2.05) is 12.3 Å². The first-order valence-electron chi connectivity index (χ1n) is 5.52. The Labute approximate surface area is 90.0 Å². The predicted octanol–water partition coefficient (Wildman–Crippen LogP) is 0.158. The third kappa shape index (κ3) is 2.92. The molecule has 0 spiro atoms. The van der Waals surface area contributed by atoms with Crippen LogP contribution in [-0.2, 0) is 9.59 Å². The number of likely N-dealkylation sites (N-methyl/N-ethyl adjacent to an activating group) is 1. The van der Waals surface area contributed by atoms with Gasteiger partial charge in [0.05, 0.1) is 0 Å². The number of nitrogens with zero attached hydrogens (tertiary/aromatic N) is 1. The van der Waals surface area contributed by atoms with E-state index in [0.717, 1.165) is 25.7 Å². The number of nitrogens with one attached hydrogen (secondary N) is 1. The molecule has 1 saturated carbocycles. The molecule has 86 valence electrons. The quantitative estimate of drug-likeness (QED) is 0.297. The van der Waals surface area contributed by atoms with Gasteiger partial charge in [-0.2, -0.15) is 0 Å². The summed E-state index contributed by atoms with van der Waals surface area (Å²) >= 11 is 0. The van der Waals surface area contributed by atoms with Crippen molar-refractivity contribution in [3.05, 3.63) is 0 Å². The summed E-state index contributed by atoms with van der Waals surface area (Å²) in [6.07, 6.45) is 5.50. The summed E-state index contributed by atoms with van der Waals surface area (Å²) < 4.78 is 0. The predicted molar refractivity (Wildman–Crippen MR) is 56.6 cm³/mol. The van der Waals surface area contributed by atoms with E-state index in [4.69, 9.17) is 5.84 Å². The highest BCUT2D eigenvalue weighted by Crippen LogP contribution is 2.22. The van der Waals surface area contributed by atoms with E-state index in [1.165, 1.54) is 6.42 Å². The minimum absolute atomic E-state index is 0.216. The fourth-order valence-electron chi connectivity index (χ4n) is 2.15. The van der Waals surface area contributed by atoms with Crippen LogP contribution in [0.25, 0.3) is 0 Å². The van der Waals surface area contributed by atoms with E-state index in [-0.39, 0.29) is 6.04 Å². The van der Waals surface area contributed by atoms with Gasteiger partial charge in [0.2, 0.25) is 0 Å². The van der Waals surface area contributed by atoms with Gasteiger partial charge in [-0.15, -0.1) is 0 Å². The highest BCUT2D eigenvalue weighted by Gasteiger charge is 2.27. The summed E-state index contributed by atoms with van der Waals surface area (Å²) in [6, 6.07) is 0.216. The fourth-order valence-corrected chi connectivity index (χ4v) is 2.15. The van der Waals surface area contributed by atoms with Crippen LogP contribution >= 0.6 is 0 Å². The van der Waals surface area contributed by atoms with Gasteiger partial charge >= 0.3 is 11.8 Å². The first-order chi connectivity index (χ1) is 7.20. The summed E-state index contributed by atoms with van der Waals surface area (Å²) in [6.45, 7) is 2.45. The molecule has 0 heterocycles. The first-order valence-corrected chi connectivity index (χ1v) is 5.52. The van der Waals surface area contributed by atoms with Gasteiger partial charge in [0.15, 0.2) is 0 Å². The molecule has 0 aliphatic heterocycles. The zero-order valence-electron chi connectivity index (χ0n) is 9.16. The molecule has 0 aromatic carbocycles. The van der Waals surface area contributed by atoms with Crippen molar-refractivity contribution in [1.29, 1.82) is 0 Å². The molecule has 0 bridgehead atoms. The number of carbonyl (C=O) groups excluding carboxylic acids is 2. The van der Waals surface area contributed by atoms with Crippen LogP contribution in [0.3, 0.4) is 0 Å². The molecule has 15 heavy (non-hydrogen) atoms. The third-order valence-electron chi connectivity index (χ3n) is 2.94. The number of hydrogen-bond donors (Lipinski definition) is 2. The van der Waals surface area contributed by atoms with Crippen LogP contribution in [0.5, 0.6) is 0 Å². The Balaban J connectivity index is 2.60. The summed E-state index contributed by atoms with van der Waals surface area (Å²) in [5.74, 6) is 3.72. The molecule has 0 atom stereocenters. The zero-order valence-corrected chi connectivity index (χ0v) is 9.16. The lowest BCUT2D eigenvalue weighted by atomic mass is 9.94. The summed E-state index contributed by atoms with van der Waals surface area (Å²) in [5, 5.41) is 0. The van der Waals surface area contributed by atoms with Crippen LogP contribution in [0.1, 0.15) is 39.0 Å². The Bertz CT molecular complexity index is 237. The van der Waals surface area contributed by atoms with Gasteiger partial charge in [0.1, 0.15) is 0 Å². The lowest BCUT2D eigenvalue weighted by Gasteiger charge is -2.32. The van der Waals surface area contributed by atoms with Gasteiger partial charge in [-0.3, -0.25) is 15.0 Å². The van der Waals surface area contributed by atoms with Gasteiger partial charge in [-0.05, 0) is 19.8 Å². The van der Waals surface area contributed by atoms with Crippen molar-refractivity contribution in [2.45, 2.75) is 45.1 Å². The Morgan fingerprint density at radius 1 is 1.33 bits per heavy atom. The molecule has 0 aromatic heterocycles. The maximum absolute atomic E-state index is 11.6. The van der Waals surface area contributed by atoms with Gasteiger partial charge in [0, 0.05) is 12.6 Å². The smallest absolute Gasteiger partial charge is 0.323 e. The topological polar surface area (TPSA) is 75.4 Å². The van der Waals surface area contributed by atoms with E-state index >= 15 is 0 Å². The average Bonchev–Trinajstić information content (AvgIpc) is 2.30. The van der Waals surface area contributed by atoms with Crippen molar-refractivity contribution in [2.24, 2.45) is 5.84 Å². The third-order valence-corrected chi connectivity index (χ3v) is 2.94. The number of nitrogens with two attached hydrogens (primary N) is 1. The fraction of sp³-hybridized carbons (Fsp3) is 0.800. The van der Waals surface area contributed by atoms with Gasteiger partial charge in [0.25, 0.3) is 0 Å². The monoisotopic (exact) mass is 213 g/mol. The Hall–Kier alpha value is -1.10. The maximum Gasteiger partial charge on any atom is 0.323 e. The molecule has 1 fully saturated rings. The molecule has 0 unspecified atom stereocenters. The second-order valence-electron chi connectivity index (χ2n) is 3.86. The number of carbonyl (C=O) groups is 2. The molecule has 0 saturated heterocycles. The van der Waals surface area contributed by atoms with E-state index in [2.05, 4.69) is 0 Å². The molecular weight excluding hydrogens is 194 g/mol. The van der Waals surface area contributed by atoms with E-state index in [1.54, 1.807) is 4.90 Å². The number of hydrazine groups is 1. The molecule has 1 aliphatic carbocycles. The van der Waals surface area contributed by atoms with Crippen LogP contribution in [-0.4, -0.2) is 29.3 Å². The summed E-state index contributed by atoms with van der Waals surface area (Å²) in [7, 11) is 0. The van der Waals surface area contributed by atoms with E-state index in [9.17, 15) is 9.59 Å². The molecule has 5 heteroatoms. The second kappa shape index (κ2) is 5.70. The molecule has 3 N–H and O–H groups in total. The first kappa shape index (κ1) is 12.0. The van der Waals surface area contributed by atoms with Crippen molar-refractivity contribution in [3.8, 4) is 0 Å². The zero-order chi connectivity index (χ0) is 11.3. The standard InChI is InChI=1S/C10H19N3O2/c1-2-13(10(15)9(14)12-11)8-6-4-3-5-7-8/h8H,2-7,11H2,1H3,(H,12,14).